The van der Waals surface area contributed by atoms with Crippen LogP contribution in [0.2, 0.25) is 0 Å². The van der Waals surface area contributed by atoms with Gasteiger partial charge in [-0.1, -0.05) is 28.1 Å². The van der Waals surface area contributed by atoms with E-state index in [-0.39, 0.29) is 0 Å². The lowest BCUT2D eigenvalue weighted by Gasteiger charge is -2.14. The van der Waals surface area contributed by atoms with Gasteiger partial charge < -0.3 is 14.2 Å². The van der Waals surface area contributed by atoms with Crippen LogP contribution in [0, 0.1) is 0 Å². The molecule has 2 aromatic carbocycles. The molecule has 0 aliphatic heterocycles. The topological polar surface area (TPSA) is 27.7 Å². The zero-order chi connectivity index (χ0) is 15.2. The Labute approximate surface area is 141 Å². The Balaban J connectivity index is 2.19. The molecule has 0 N–H and O–H groups in total. The largest absolute Gasteiger partial charge is 0.497 e. The molecule has 0 bridgehead atoms. The van der Waals surface area contributed by atoms with E-state index in [9.17, 15) is 0 Å². The summed E-state index contributed by atoms with van der Waals surface area (Å²) in [7, 11) is 3.29. The molecule has 0 fully saturated rings. The molecule has 5 heteroatoms. The van der Waals surface area contributed by atoms with Crippen molar-refractivity contribution in [2.75, 3.05) is 14.2 Å². The fourth-order valence-corrected chi connectivity index (χ4v) is 2.84. The standard InChI is InChI=1S/C16H16Br2O3/c1-19-13-5-3-4-11(6-13)10-21-16-14(18)7-12(9-17)8-15(16)20-2/h3-8H,9-10H2,1-2H3. The molecule has 112 valence electrons. The van der Waals surface area contributed by atoms with Gasteiger partial charge in [0, 0.05) is 5.33 Å². The number of benzene rings is 2. The summed E-state index contributed by atoms with van der Waals surface area (Å²) in [6.07, 6.45) is 0. The van der Waals surface area contributed by atoms with Crippen molar-refractivity contribution in [1.82, 2.24) is 0 Å². The van der Waals surface area contributed by atoms with E-state index in [2.05, 4.69) is 31.9 Å². The van der Waals surface area contributed by atoms with Gasteiger partial charge in [-0.25, -0.2) is 0 Å². The first kappa shape index (κ1) is 16.2. The van der Waals surface area contributed by atoms with E-state index in [1.54, 1.807) is 14.2 Å². The summed E-state index contributed by atoms with van der Waals surface area (Å²) in [5.41, 5.74) is 2.15. The fourth-order valence-electron chi connectivity index (χ4n) is 1.91. The molecule has 0 aromatic heterocycles. The van der Waals surface area contributed by atoms with Crippen LogP contribution in [0.3, 0.4) is 0 Å². The van der Waals surface area contributed by atoms with Crippen molar-refractivity contribution >= 4 is 31.9 Å². The van der Waals surface area contributed by atoms with Crippen LogP contribution in [-0.4, -0.2) is 14.2 Å². The van der Waals surface area contributed by atoms with Gasteiger partial charge >= 0.3 is 0 Å². The summed E-state index contributed by atoms with van der Waals surface area (Å²) in [5.74, 6) is 2.23. The molecule has 21 heavy (non-hydrogen) atoms. The quantitative estimate of drug-likeness (QED) is 0.625. The number of methoxy groups -OCH3 is 2. The maximum absolute atomic E-state index is 5.90. The Morgan fingerprint density at radius 3 is 2.48 bits per heavy atom. The number of hydrogen-bond donors (Lipinski definition) is 0. The van der Waals surface area contributed by atoms with Gasteiger partial charge in [-0.2, -0.15) is 0 Å². The third kappa shape index (κ3) is 4.14. The number of alkyl halides is 1. The first-order valence-electron chi connectivity index (χ1n) is 6.36. The van der Waals surface area contributed by atoms with Gasteiger partial charge in [0.05, 0.1) is 18.7 Å². The lowest BCUT2D eigenvalue weighted by atomic mass is 10.2. The molecule has 0 radical (unpaired) electrons. The number of ether oxygens (including phenoxy) is 3. The highest BCUT2D eigenvalue weighted by Gasteiger charge is 2.11. The predicted octanol–water partition coefficient (Wildman–Crippen LogP) is 4.94. The molecule has 0 aliphatic rings. The summed E-state index contributed by atoms with van der Waals surface area (Å²) < 4.78 is 17.4. The van der Waals surface area contributed by atoms with Crippen molar-refractivity contribution in [2.45, 2.75) is 11.9 Å². The molecule has 2 rings (SSSR count). The Morgan fingerprint density at radius 2 is 1.81 bits per heavy atom. The third-order valence-corrected chi connectivity index (χ3v) is 4.20. The number of rotatable bonds is 6. The highest BCUT2D eigenvalue weighted by atomic mass is 79.9. The normalized spacial score (nSPS) is 10.3. The summed E-state index contributed by atoms with van der Waals surface area (Å²) >= 11 is 6.97. The Morgan fingerprint density at radius 1 is 1.00 bits per heavy atom. The number of halogens is 2. The molecule has 0 unspecified atom stereocenters. The maximum atomic E-state index is 5.90. The minimum Gasteiger partial charge on any atom is -0.497 e. The summed E-state index contributed by atoms with van der Waals surface area (Å²) in [6.45, 7) is 0.444. The van der Waals surface area contributed by atoms with Crippen molar-refractivity contribution in [3.05, 3.63) is 52.0 Å². The summed E-state index contributed by atoms with van der Waals surface area (Å²) in [4.78, 5) is 0. The van der Waals surface area contributed by atoms with Crippen LogP contribution < -0.4 is 14.2 Å². The Hall–Kier alpha value is -1.20. The van der Waals surface area contributed by atoms with E-state index in [4.69, 9.17) is 14.2 Å². The lowest BCUT2D eigenvalue weighted by molar-refractivity contribution is 0.282. The number of hydrogen-bond acceptors (Lipinski definition) is 3. The van der Waals surface area contributed by atoms with Crippen molar-refractivity contribution in [1.29, 1.82) is 0 Å². The van der Waals surface area contributed by atoms with Gasteiger partial charge in [0.25, 0.3) is 0 Å². The van der Waals surface area contributed by atoms with E-state index in [1.807, 2.05) is 36.4 Å². The van der Waals surface area contributed by atoms with Crippen LogP contribution in [0.4, 0.5) is 0 Å². The summed E-state index contributed by atoms with van der Waals surface area (Å²) in [5, 5.41) is 0.762. The second-order valence-corrected chi connectivity index (χ2v) is 5.80. The van der Waals surface area contributed by atoms with Crippen LogP contribution in [0.25, 0.3) is 0 Å². The van der Waals surface area contributed by atoms with Gasteiger partial charge in [0.15, 0.2) is 11.5 Å². The average molecular weight is 416 g/mol. The monoisotopic (exact) mass is 414 g/mol. The molecule has 0 atom stereocenters. The smallest absolute Gasteiger partial charge is 0.175 e. The minimum atomic E-state index is 0.444. The lowest BCUT2D eigenvalue weighted by Crippen LogP contribution is -1.99. The predicted molar refractivity (Wildman–Crippen MR) is 90.7 cm³/mol. The minimum absolute atomic E-state index is 0.444. The molecular weight excluding hydrogens is 400 g/mol. The van der Waals surface area contributed by atoms with Gasteiger partial charge in [-0.15, -0.1) is 0 Å². The first-order chi connectivity index (χ1) is 10.2. The average Bonchev–Trinajstić information content (AvgIpc) is 2.53. The summed E-state index contributed by atoms with van der Waals surface area (Å²) in [6, 6.07) is 11.8. The highest BCUT2D eigenvalue weighted by Crippen LogP contribution is 2.37. The molecule has 0 amide bonds. The van der Waals surface area contributed by atoms with E-state index in [1.165, 1.54) is 0 Å². The SMILES string of the molecule is COc1cccc(COc2c(Br)cc(CBr)cc2OC)c1. The zero-order valence-electron chi connectivity index (χ0n) is 11.9. The van der Waals surface area contributed by atoms with Crippen LogP contribution >= 0.6 is 31.9 Å². The molecule has 0 heterocycles. The van der Waals surface area contributed by atoms with Gasteiger partial charge in [-0.05, 0) is 51.3 Å². The van der Waals surface area contributed by atoms with Crippen LogP contribution in [0.5, 0.6) is 17.2 Å². The van der Waals surface area contributed by atoms with Gasteiger partial charge in [-0.3, -0.25) is 0 Å². The fraction of sp³-hybridized carbons (Fsp3) is 0.250. The van der Waals surface area contributed by atoms with E-state index in [0.717, 1.165) is 26.7 Å². The first-order valence-corrected chi connectivity index (χ1v) is 8.27. The van der Waals surface area contributed by atoms with Crippen molar-refractivity contribution in [3.8, 4) is 17.2 Å². The molecule has 2 aromatic rings. The van der Waals surface area contributed by atoms with Crippen molar-refractivity contribution in [3.63, 3.8) is 0 Å². The van der Waals surface area contributed by atoms with E-state index < -0.39 is 0 Å². The highest BCUT2D eigenvalue weighted by molar-refractivity contribution is 9.10. The molecule has 0 saturated heterocycles. The van der Waals surface area contributed by atoms with E-state index >= 15 is 0 Å². The second-order valence-electron chi connectivity index (χ2n) is 4.38. The van der Waals surface area contributed by atoms with Gasteiger partial charge in [0.2, 0.25) is 0 Å². The van der Waals surface area contributed by atoms with Crippen LogP contribution in [-0.2, 0) is 11.9 Å². The van der Waals surface area contributed by atoms with Crippen molar-refractivity contribution < 1.29 is 14.2 Å². The van der Waals surface area contributed by atoms with Crippen LogP contribution in [0.15, 0.2) is 40.9 Å². The molecule has 0 saturated carbocycles. The molecule has 0 spiro atoms. The molecule has 0 aliphatic carbocycles. The Kier molecular flexibility index (Phi) is 5.94. The molecule has 3 nitrogen and oxygen atoms in total. The second kappa shape index (κ2) is 7.71. The maximum Gasteiger partial charge on any atom is 0.175 e. The third-order valence-electron chi connectivity index (χ3n) is 2.96. The Bertz CT molecular complexity index is 614. The molecular formula is C16H16Br2O3. The van der Waals surface area contributed by atoms with Crippen LogP contribution in [0.1, 0.15) is 11.1 Å². The van der Waals surface area contributed by atoms with E-state index in [0.29, 0.717) is 18.1 Å². The zero-order valence-corrected chi connectivity index (χ0v) is 15.0. The van der Waals surface area contributed by atoms with Gasteiger partial charge in [0.1, 0.15) is 12.4 Å². The van der Waals surface area contributed by atoms with Crippen molar-refractivity contribution in [2.24, 2.45) is 0 Å².